The summed E-state index contributed by atoms with van der Waals surface area (Å²) >= 11 is 0. The first-order valence-corrected chi connectivity index (χ1v) is 10.6. The Morgan fingerprint density at radius 1 is 0.679 bits per heavy atom. The maximum absolute atomic E-state index is 5.13. The van der Waals surface area contributed by atoms with Crippen molar-refractivity contribution in [3.63, 3.8) is 0 Å². The van der Waals surface area contributed by atoms with Gasteiger partial charge in [-0.3, -0.25) is 4.99 Å². The smallest absolute Gasteiger partial charge is 0.0760 e. The Kier molecular flexibility index (Phi) is 9.06. The van der Waals surface area contributed by atoms with Crippen LogP contribution in [-0.4, -0.2) is 40.4 Å². The molecule has 0 unspecified atom stereocenters. The fraction of sp³-hybridized carbons (Fsp3) is 0.480. The molecule has 0 aliphatic rings. The summed E-state index contributed by atoms with van der Waals surface area (Å²) in [6.07, 6.45) is 7.73. The zero-order valence-corrected chi connectivity index (χ0v) is 18.4. The molecule has 0 N–H and O–H groups in total. The Morgan fingerprint density at radius 3 is 1.64 bits per heavy atom. The summed E-state index contributed by atoms with van der Waals surface area (Å²) in [5, 5.41) is 0. The van der Waals surface area contributed by atoms with Gasteiger partial charge in [-0.2, -0.15) is 0 Å². The summed E-state index contributed by atoms with van der Waals surface area (Å²) < 4.78 is 0. The third-order valence-electron chi connectivity index (χ3n) is 5.06. The lowest BCUT2D eigenvalue weighted by Crippen LogP contribution is -2.18. The molecule has 0 saturated carbocycles. The van der Waals surface area contributed by atoms with Crippen molar-refractivity contribution in [3.05, 3.63) is 59.7 Å². The van der Waals surface area contributed by atoms with E-state index < -0.39 is 0 Å². The van der Waals surface area contributed by atoms with E-state index in [1.54, 1.807) is 0 Å². The van der Waals surface area contributed by atoms with Crippen LogP contribution in [0.25, 0.3) is 0 Å². The second kappa shape index (κ2) is 11.5. The maximum atomic E-state index is 5.13. The molecule has 0 amide bonds. The summed E-state index contributed by atoms with van der Waals surface area (Å²) in [6.45, 7) is 3.14. The third kappa shape index (κ3) is 6.12. The van der Waals surface area contributed by atoms with Crippen molar-refractivity contribution in [2.75, 3.05) is 44.5 Å². The van der Waals surface area contributed by atoms with E-state index in [1.165, 1.54) is 54.6 Å². The molecule has 28 heavy (non-hydrogen) atoms. The molecule has 0 radical (unpaired) electrons. The Balaban J connectivity index is 2.34. The first-order chi connectivity index (χ1) is 13.6. The second-order valence-corrected chi connectivity index (χ2v) is 7.82. The highest BCUT2D eigenvalue weighted by Crippen LogP contribution is 2.27. The van der Waals surface area contributed by atoms with E-state index >= 15 is 0 Å². The van der Waals surface area contributed by atoms with Crippen LogP contribution in [0.3, 0.4) is 0 Å². The number of unbranched alkanes of at least 4 members (excludes halogenated alkanes) is 5. The highest BCUT2D eigenvalue weighted by atomic mass is 15.1. The average Bonchev–Trinajstić information content (AvgIpc) is 2.70. The van der Waals surface area contributed by atoms with Crippen molar-refractivity contribution in [1.82, 2.24) is 0 Å². The SMILES string of the molecule is CCCCCCCCN=C(c1ccccc1N(C)C)c1ccccc1N(C)C. The molecule has 0 aliphatic carbocycles. The van der Waals surface area contributed by atoms with Crippen LogP contribution >= 0.6 is 0 Å². The minimum atomic E-state index is 0.880. The van der Waals surface area contributed by atoms with Crippen LogP contribution in [0.2, 0.25) is 0 Å². The van der Waals surface area contributed by atoms with Gasteiger partial charge in [0.25, 0.3) is 0 Å². The van der Waals surface area contributed by atoms with E-state index in [2.05, 4.69) is 93.4 Å². The van der Waals surface area contributed by atoms with Gasteiger partial charge in [0.1, 0.15) is 0 Å². The lowest BCUT2D eigenvalue weighted by atomic mass is 9.98. The van der Waals surface area contributed by atoms with Crippen LogP contribution in [-0.2, 0) is 0 Å². The van der Waals surface area contributed by atoms with Gasteiger partial charge < -0.3 is 9.80 Å². The molecule has 0 aromatic heterocycles. The number of hydrogen-bond acceptors (Lipinski definition) is 3. The summed E-state index contributed by atoms with van der Waals surface area (Å²) in [4.78, 5) is 9.48. The van der Waals surface area contributed by atoms with Gasteiger partial charge in [0.15, 0.2) is 0 Å². The topological polar surface area (TPSA) is 18.8 Å². The second-order valence-electron chi connectivity index (χ2n) is 7.82. The lowest BCUT2D eigenvalue weighted by Gasteiger charge is -2.22. The largest absolute Gasteiger partial charge is 0.377 e. The monoisotopic (exact) mass is 379 g/mol. The average molecular weight is 380 g/mol. The highest BCUT2D eigenvalue weighted by molar-refractivity contribution is 6.18. The molecule has 0 bridgehead atoms. The van der Waals surface area contributed by atoms with Crippen LogP contribution in [0.15, 0.2) is 53.5 Å². The van der Waals surface area contributed by atoms with Crippen molar-refractivity contribution in [3.8, 4) is 0 Å². The van der Waals surface area contributed by atoms with Crippen molar-refractivity contribution in [2.45, 2.75) is 45.4 Å². The van der Waals surface area contributed by atoms with Crippen LogP contribution < -0.4 is 9.80 Å². The van der Waals surface area contributed by atoms with E-state index in [9.17, 15) is 0 Å². The predicted molar refractivity (Wildman–Crippen MR) is 125 cm³/mol. The molecule has 152 valence electrons. The molecule has 0 heterocycles. The molecule has 0 aliphatic heterocycles. The van der Waals surface area contributed by atoms with Gasteiger partial charge in [0.2, 0.25) is 0 Å². The van der Waals surface area contributed by atoms with Crippen LogP contribution in [0.4, 0.5) is 11.4 Å². The number of anilines is 2. The standard InChI is InChI=1S/C25H37N3/c1-6-7-8-9-10-15-20-26-25(21-16-11-13-18-23(21)27(2)3)22-17-12-14-19-24(22)28(4)5/h11-14,16-19H,6-10,15,20H2,1-5H3. The van der Waals surface area contributed by atoms with Crippen LogP contribution in [0.1, 0.15) is 56.6 Å². The third-order valence-corrected chi connectivity index (χ3v) is 5.06. The summed E-state index contributed by atoms with van der Waals surface area (Å²) in [6, 6.07) is 17.2. The molecule has 0 saturated heterocycles. The normalized spacial score (nSPS) is 10.6. The first kappa shape index (κ1) is 22.0. The fourth-order valence-electron chi connectivity index (χ4n) is 3.53. The van der Waals surface area contributed by atoms with Gasteiger partial charge in [-0.15, -0.1) is 0 Å². The minimum absolute atomic E-state index is 0.880. The number of hydrogen-bond donors (Lipinski definition) is 0. The van der Waals surface area contributed by atoms with Gasteiger partial charge in [-0.05, 0) is 18.6 Å². The van der Waals surface area contributed by atoms with E-state index in [4.69, 9.17) is 4.99 Å². The van der Waals surface area contributed by atoms with Gasteiger partial charge in [0, 0.05) is 57.2 Å². The Bertz CT molecular complexity index is 693. The first-order valence-electron chi connectivity index (χ1n) is 10.6. The van der Waals surface area contributed by atoms with E-state index in [-0.39, 0.29) is 0 Å². The Hall–Kier alpha value is -2.29. The molecule has 0 spiro atoms. The Morgan fingerprint density at radius 2 is 1.14 bits per heavy atom. The maximum Gasteiger partial charge on any atom is 0.0760 e. The molecule has 0 atom stereocenters. The van der Waals surface area contributed by atoms with E-state index in [1.807, 2.05) is 0 Å². The summed E-state index contributed by atoms with van der Waals surface area (Å²) in [5.41, 5.74) is 5.92. The molecule has 3 nitrogen and oxygen atoms in total. The van der Waals surface area contributed by atoms with Gasteiger partial charge in [0.05, 0.1) is 5.71 Å². The number of rotatable bonds is 11. The summed E-state index contributed by atoms with van der Waals surface area (Å²) in [5.74, 6) is 0. The van der Waals surface area contributed by atoms with Crippen molar-refractivity contribution < 1.29 is 0 Å². The van der Waals surface area contributed by atoms with Gasteiger partial charge >= 0.3 is 0 Å². The molecule has 2 aromatic rings. The van der Waals surface area contributed by atoms with Crippen LogP contribution in [0.5, 0.6) is 0 Å². The van der Waals surface area contributed by atoms with Gasteiger partial charge in [-0.25, -0.2) is 0 Å². The van der Waals surface area contributed by atoms with Crippen LogP contribution in [0, 0.1) is 0 Å². The zero-order valence-electron chi connectivity index (χ0n) is 18.4. The number of para-hydroxylation sites is 2. The molecular weight excluding hydrogens is 342 g/mol. The fourth-order valence-corrected chi connectivity index (χ4v) is 3.53. The van der Waals surface area contributed by atoms with E-state index in [0.29, 0.717) is 0 Å². The quantitative estimate of drug-likeness (QED) is 0.351. The summed E-state index contributed by atoms with van der Waals surface area (Å²) in [7, 11) is 8.40. The number of benzene rings is 2. The molecule has 0 fully saturated rings. The zero-order chi connectivity index (χ0) is 20.4. The minimum Gasteiger partial charge on any atom is -0.377 e. The molecule has 2 aromatic carbocycles. The number of aliphatic imine (C=N–C) groups is 1. The Labute approximate surface area is 172 Å². The van der Waals surface area contributed by atoms with E-state index in [0.717, 1.165) is 18.7 Å². The highest BCUT2D eigenvalue weighted by Gasteiger charge is 2.16. The lowest BCUT2D eigenvalue weighted by molar-refractivity contribution is 0.612. The molecule has 3 heteroatoms. The van der Waals surface area contributed by atoms with Crippen molar-refractivity contribution in [1.29, 1.82) is 0 Å². The number of nitrogens with zero attached hydrogens (tertiary/aromatic N) is 3. The molecular formula is C25H37N3. The predicted octanol–water partition coefficient (Wildman–Crippen LogP) is 6.02. The van der Waals surface area contributed by atoms with Gasteiger partial charge in [-0.1, -0.05) is 75.4 Å². The van der Waals surface area contributed by atoms with Crippen molar-refractivity contribution in [2.24, 2.45) is 4.99 Å². The molecule has 2 rings (SSSR count). The van der Waals surface area contributed by atoms with Crippen molar-refractivity contribution >= 4 is 17.1 Å².